The van der Waals surface area contributed by atoms with Gasteiger partial charge in [-0.15, -0.1) is 11.8 Å². The number of hydrogen-bond donors (Lipinski definition) is 1. The normalized spacial score (nSPS) is 13.2. The third-order valence-electron chi connectivity index (χ3n) is 3.63. The van der Waals surface area contributed by atoms with Gasteiger partial charge >= 0.3 is 5.97 Å². The van der Waals surface area contributed by atoms with Crippen LogP contribution >= 0.6 is 11.8 Å². The molecule has 0 aliphatic carbocycles. The predicted molar refractivity (Wildman–Crippen MR) is 81.2 cm³/mol. The number of carboxylic acids is 1. The highest BCUT2D eigenvalue weighted by atomic mass is 32.2. The van der Waals surface area contributed by atoms with E-state index in [9.17, 15) is 4.79 Å². The zero-order valence-electron chi connectivity index (χ0n) is 11.1. The van der Waals surface area contributed by atoms with Gasteiger partial charge in [0.15, 0.2) is 0 Å². The molecule has 2 nitrogen and oxygen atoms in total. The molecule has 1 aliphatic rings. The summed E-state index contributed by atoms with van der Waals surface area (Å²) in [5, 5.41) is 8.78. The summed E-state index contributed by atoms with van der Waals surface area (Å²) in [6, 6.07) is 14.9. The van der Waals surface area contributed by atoms with Crippen LogP contribution in [0.2, 0.25) is 0 Å². The first kappa shape index (κ1) is 13.3. The lowest BCUT2D eigenvalue weighted by Crippen LogP contribution is -1.99. The number of carbonyl (C=O) groups is 1. The van der Waals surface area contributed by atoms with E-state index < -0.39 is 5.97 Å². The van der Waals surface area contributed by atoms with E-state index in [2.05, 4.69) is 42.5 Å². The van der Waals surface area contributed by atoms with Gasteiger partial charge in [0.25, 0.3) is 0 Å². The molecular formula is C17H16O2S. The molecule has 0 saturated carbocycles. The van der Waals surface area contributed by atoms with Gasteiger partial charge in [-0.25, -0.2) is 0 Å². The molecule has 0 saturated heterocycles. The number of carboxylic acid groups (broad SMARTS) is 1. The summed E-state index contributed by atoms with van der Waals surface area (Å²) in [5.74, 6) is 0.275. The van der Waals surface area contributed by atoms with Gasteiger partial charge in [-0.1, -0.05) is 36.4 Å². The Labute approximate surface area is 122 Å². The minimum atomic E-state index is -0.736. The van der Waals surface area contributed by atoms with Crippen LogP contribution in [0.1, 0.15) is 28.7 Å². The van der Waals surface area contributed by atoms with Crippen LogP contribution in [-0.4, -0.2) is 11.1 Å². The van der Waals surface area contributed by atoms with E-state index in [1.807, 2.05) is 11.8 Å². The highest BCUT2D eigenvalue weighted by molar-refractivity contribution is 7.98. The van der Waals surface area contributed by atoms with Crippen molar-refractivity contribution in [1.29, 1.82) is 0 Å². The van der Waals surface area contributed by atoms with Gasteiger partial charge in [0.2, 0.25) is 0 Å². The number of benzene rings is 2. The molecule has 0 atom stereocenters. The van der Waals surface area contributed by atoms with Gasteiger partial charge in [0, 0.05) is 17.1 Å². The van der Waals surface area contributed by atoms with Crippen LogP contribution in [0.4, 0.5) is 0 Å². The van der Waals surface area contributed by atoms with Crippen LogP contribution in [-0.2, 0) is 23.4 Å². The molecule has 3 heteroatoms. The zero-order chi connectivity index (χ0) is 13.9. The summed E-state index contributed by atoms with van der Waals surface area (Å²) in [5.41, 5.74) is 5.23. The van der Waals surface area contributed by atoms with Crippen molar-refractivity contribution in [3.8, 4) is 0 Å². The van der Waals surface area contributed by atoms with Crippen LogP contribution < -0.4 is 0 Å². The summed E-state index contributed by atoms with van der Waals surface area (Å²) in [4.78, 5) is 12.0. The van der Waals surface area contributed by atoms with Crippen LogP contribution in [0.25, 0.3) is 0 Å². The van der Waals surface area contributed by atoms with Crippen LogP contribution in [0.5, 0.6) is 0 Å². The Morgan fingerprint density at radius 2 is 1.90 bits per heavy atom. The van der Waals surface area contributed by atoms with Gasteiger partial charge in [0.05, 0.1) is 0 Å². The molecule has 0 fully saturated rings. The largest absolute Gasteiger partial charge is 0.481 e. The smallest absolute Gasteiger partial charge is 0.303 e. The van der Waals surface area contributed by atoms with E-state index in [0.717, 1.165) is 17.7 Å². The van der Waals surface area contributed by atoms with E-state index in [0.29, 0.717) is 6.42 Å². The number of rotatable bonds is 3. The summed E-state index contributed by atoms with van der Waals surface area (Å²) in [7, 11) is 0. The van der Waals surface area contributed by atoms with Crippen LogP contribution in [0.3, 0.4) is 0 Å². The highest BCUT2D eigenvalue weighted by Crippen LogP contribution is 2.34. The maximum atomic E-state index is 10.7. The van der Waals surface area contributed by atoms with E-state index in [-0.39, 0.29) is 6.42 Å². The van der Waals surface area contributed by atoms with Crippen molar-refractivity contribution >= 4 is 17.7 Å². The molecule has 0 aromatic heterocycles. The summed E-state index contributed by atoms with van der Waals surface area (Å²) in [6.07, 6.45) is 1.75. The summed E-state index contributed by atoms with van der Waals surface area (Å²) in [6.45, 7) is 0. The fourth-order valence-electron chi connectivity index (χ4n) is 2.55. The van der Waals surface area contributed by atoms with Crippen molar-refractivity contribution in [2.75, 3.05) is 0 Å². The molecule has 0 spiro atoms. The highest BCUT2D eigenvalue weighted by Gasteiger charge is 2.13. The maximum Gasteiger partial charge on any atom is 0.303 e. The lowest BCUT2D eigenvalue weighted by Gasteiger charge is -2.08. The number of aliphatic carboxylic acids is 1. The SMILES string of the molecule is O=C(O)CCc1ccc2c(c1)Cc1ccccc1CS2. The Hall–Kier alpha value is -1.74. The van der Waals surface area contributed by atoms with E-state index in [1.165, 1.54) is 21.6 Å². The lowest BCUT2D eigenvalue weighted by molar-refractivity contribution is -0.136. The van der Waals surface area contributed by atoms with Gasteiger partial charge in [-0.3, -0.25) is 4.79 Å². The summed E-state index contributed by atoms with van der Waals surface area (Å²) < 4.78 is 0. The molecule has 2 aromatic carbocycles. The van der Waals surface area contributed by atoms with Gasteiger partial charge in [0.1, 0.15) is 0 Å². The maximum absolute atomic E-state index is 10.7. The Morgan fingerprint density at radius 1 is 1.10 bits per heavy atom. The second kappa shape index (κ2) is 5.71. The molecule has 0 amide bonds. The van der Waals surface area contributed by atoms with E-state index in [4.69, 9.17) is 5.11 Å². The number of aryl methyl sites for hydroxylation is 1. The van der Waals surface area contributed by atoms with Crippen molar-refractivity contribution < 1.29 is 9.90 Å². The van der Waals surface area contributed by atoms with Crippen LogP contribution in [0.15, 0.2) is 47.4 Å². The average molecular weight is 284 g/mol. The topological polar surface area (TPSA) is 37.3 Å². The molecule has 1 N–H and O–H groups in total. The van der Waals surface area contributed by atoms with Crippen LogP contribution in [0, 0.1) is 0 Å². The monoisotopic (exact) mass is 284 g/mol. The standard InChI is InChI=1S/C17H16O2S/c18-17(19)8-6-12-5-7-16-15(9-12)10-13-3-1-2-4-14(13)11-20-16/h1-5,7,9H,6,8,10-11H2,(H,18,19). The van der Waals surface area contributed by atoms with Crippen molar-refractivity contribution in [3.63, 3.8) is 0 Å². The Bertz CT molecular complexity index is 649. The molecule has 0 unspecified atom stereocenters. The molecular weight excluding hydrogens is 268 g/mol. The molecule has 0 bridgehead atoms. The van der Waals surface area contributed by atoms with Crippen molar-refractivity contribution in [2.45, 2.75) is 29.9 Å². The Balaban J connectivity index is 1.88. The molecule has 20 heavy (non-hydrogen) atoms. The Kier molecular flexibility index (Phi) is 3.79. The fraction of sp³-hybridized carbons (Fsp3) is 0.235. The van der Waals surface area contributed by atoms with Crippen molar-refractivity contribution in [3.05, 3.63) is 64.7 Å². The van der Waals surface area contributed by atoms with Gasteiger partial charge in [-0.2, -0.15) is 0 Å². The molecule has 0 radical (unpaired) electrons. The second-order valence-electron chi connectivity index (χ2n) is 5.07. The number of fused-ring (bicyclic) bond motifs is 2. The lowest BCUT2D eigenvalue weighted by atomic mass is 9.98. The average Bonchev–Trinajstić information content (AvgIpc) is 2.63. The first-order valence-corrected chi connectivity index (χ1v) is 7.74. The van der Waals surface area contributed by atoms with E-state index in [1.54, 1.807) is 0 Å². The molecule has 102 valence electrons. The van der Waals surface area contributed by atoms with Crippen molar-refractivity contribution in [1.82, 2.24) is 0 Å². The quantitative estimate of drug-likeness (QED) is 0.928. The molecule has 1 aliphatic heterocycles. The predicted octanol–water partition coefficient (Wildman–Crippen LogP) is 3.90. The van der Waals surface area contributed by atoms with Crippen molar-refractivity contribution in [2.24, 2.45) is 0 Å². The minimum absolute atomic E-state index is 0.197. The number of hydrogen-bond acceptors (Lipinski definition) is 2. The first-order chi connectivity index (χ1) is 9.72. The third kappa shape index (κ3) is 2.88. The zero-order valence-corrected chi connectivity index (χ0v) is 12.0. The first-order valence-electron chi connectivity index (χ1n) is 6.75. The molecule has 2 aromatic rings. The Morgan fingerprint density at radius 3 is 2.70 bits per heavy atom. The third-order valence-corrected chi connectivity index (χ3v) is 4.80. The molecule has 1 heterocycles. The van der Waals surface area contributed by atoms with E-state index >= 15 is 0 Å². The summed E-state index contributed by atoms with van der Waals surface area (Å²) >= 11 is 1.87. The second-order valence-corrected chi connectivity index (χ2v) is 6.09. The fourth-order valence-corrected chi connectivity index (χ4v) is 3.62. The van der Waals surface area contributed by atoms with Gasteiger partial charge in [-0.05, 0) is 41.2 Å². The van der Waals surface area contributed by atoms with Gasteiger partial charge < -0.3 is 5.11 Å². The minimum Gasteiger partial charge on any atom is -0.481 e. The number of thioether (sulfide) groups is 1. The molecule has 3 rings (SSSR count).